The minimum Gasteiger partial charge on any atom is -0.324 e. The zero-order chi connectivity index (χ0) is 20.1. The quantitative estimate of drug-likeness (QED) is 0.575. The van der Waals surface area contributed by atoms with Gasteiger partial charge in [-0.3, -0.25) is 14.5 Å². The molecule has 0 aliphatic carbocycles. The van der Waals surface area contributed by atoms with Gasteiger partial charge >= 0.3 is 0 Å². The van der Waals surface area contributed by atoms with Crippen molar-refractivity contribution in [2.45, 2.75) is 6.92 Å². The number of hydrogen-bond donors (Lipinski definition) is 1. The Morgan fingerprint density at radius 3 is 2.68 bits per heavy atom. The predicted molar refractivity (Wildman–Crippen MR) is 115 cm³/mol. The van der Waals surface area contributed by atoms with Crippen molar-refractivity contribution in [3.63, 3.8) is 0 Å². The second-order valence-corrected chi connectivity index (χ2v) is 7.80. The molecule has 3 rings (SSSR count). The Hall–Kier alpha value is -2.77. The average molecular weight is 413 g/mol. The number of rotatable bonds is 5. The summed E-state index contributed by atoms with van der Waals surface area (Å²) in [6, 6.07) is 15.3. The lowest BCUT2D eigenvalue weighted by molar-refractivity contribution is -0.126. The van der Waals surface area contributed by atoms with Gasteiger partial charge in [0.1, 0.15) is 16.7 Å². The summed E-state index contributed by atoms with van der Waals surface area (Å²) >= 11 is 6.41. The Bertz CT molecular complexity index is 987. The summed E-state index contributed by atoms with van der Waals surface area (Å²) in [6.07, 6.45) is 3.72. The maximum atomic E-state index is 13.2. The molecule has 0 atom stereocenters. The Morgan fingerprint density at radius 2 is 1.96 bits per heavy atom. The fourth-order valence-corrected chi connectivity index (χ4v) is 3.91. The van der Waals surface area contributed by atoms with Crippen molar-refractivity contribution in [3.05, 3.63) is 82.5 Å². The van der Waals surface area contributed by atoms with Crippen molar-refractivity contribution < 1.29 is 14.0 Å². The van der Waals surface area contributed by atoms with Crippen LogP contribution in [0.1, 0.15) is 12.5 Å². The number of carbonyl (C=O) groups excluding carboxylic acids is 2. The molecule has 142 valence electrons. The molecule has 2 aromatic rings. The normalized spacial score (nSPS) is 16.0. The van der Waals surface area contributed by atoms with Gasteiger partial charge < -0.3 is 5.32 Å². The Labute approximate surface area is 172 Å². The van der Waals surface area contributed by atoms with Gasteiger partial charge in [0.05, 0.1) is 4.91 Å². The van der Waals surface area contributed by atoms with E-state index in [9.17, 15) is 14.0 Å². The molecule has 1 aliphatic rings. The minimum absolute atomic E-state index is 0.222. The van der Waals surface area contributed by atoms with E-state index in [1.165, 1.54) is 23.1 Å². The van der Waals surface area contributed by atoms with Gasteiger partial charge in [0.25, 0.3) is 5.91 Å². The molecule has 1 saturated heterocycles. The SMILES string of the molecule is CC(=C/c1ccccc1)/C=C1/SC(=S)N(CC(=O)Nc2cccc(F)c2)C1=O. The van der Waals surface area contributed by atoms with Crippen LogP contribution in [0.2, 0.25) is 0 Å². The highest BCUT2D eigenvalue weighted by Gasteiger charge is 2.33. The van der Waals surface area contributed by atoms with Gasteiger partial charge in [-0.2, -0.15) is 0 Å². The van der Waals surface area contributed by atoms with E-state index in [0.717, 1.165) is 22.9 Å². The Morgan fingerprint density at radius 1 is 1.21 bits per heavy atom. The highest BCUT2D eigenvalue weighted by Crippen LogP contribution is 2.32. The standard InChI is InChI=1S/C21H17FN2O2S2/c1-14(10-15-6-3-2-4-7-15)11-18-20(26)24(21(27)28-18)13-19(25)23-17-9-5-8-16(22)12-17/h2-12H,13H2,1H3,(H,23,25)/b14-10-,18-11+. The molecule has 1 aliphatic heterocycles. The van der Waals surface area contributed by atoms with E-state index in [-0.39, 0.29) is 12.5 Å². The molecule has 0 radical (unpaired) electrons. The van der Waals surface area contributed by atoms with Crippen molar-refractivity contribution in [1.82, 2.24) is 4.90 Å². The summed E-state index contributed by atoms with van der Waals surface area (Å²) in [6.45, 7) is 1.68. The van der Waals surface area contributed by atoms with E-state index >= 15 is 0 Å². The topological polar surface area (TPSA) is 49.4 Å². The third kappa shape index (κ3) is 5.15. The predicted octanol–water partition coefficient (Wildman–Crippen LogP) is 4.61. The summed E-state index contributed by atoms with van der Waals surface area (Å²) < 4.78 is 13.5. The zero-order valence-electron chi connectivity index (χ0n) is 15.0. The van der Waals surface area contributed by atoms with Crippen molar-refractivity contribution in [1.29, 1.82) is 0 Å². The Kier molecular flexibility index (Phi) is 6.38. The van der Waals surface area contributed by atoms with Crippen molar-refractivity contribution in [3.8, 4) is 0 Å². The number of nitrogens with one attached hydrogen (secondary N) is 1. The van der Waals surface area contributed by atoms with Gasteiger partial charge in [-0.25, -0.2) is 4.39 Å². The fraction of sp³-hybridized carbons (Fsp3) is 0.0952. The largest absolute Gasteiger partial charge is 0.324 e. The van der Waals surface area contributed by atoms with Crippen LogP contribution in [0.25, 0.3) is 6.08 Å². The van der Waals surface area contributed by atoms with Crippen LogP contribution in [0.15, 0.2) is 71.2 Å². The second kappa shape index (κ2) is 8.95. The first kappa shape index (κ1) is 20.0. The van der Waals surface area contributed by atoms with E-state index in [1.807, 2.05) is 43.3 Å². The number of anilines is 1. The van der Waals surface area contributed by atoms with Crippen LogP contribution in [0, 0.1) is 5.82 Å². The first-order valence-corrected chi connectivity index (χ1v) is 9.69. The lowest BCUT2D eigenvalue weighted by Gasteiger charge is -2.14. The summed E-state index contributed by atoms with van der Waals surface area (Å²) in [5.41, 5.74) is 2.25. The highest BCUT2D eigenvalue weighted by atomic mass is 32.2. The number of thiocarbonyl (C=S) groups is 1. The molecule has 2 aromatic carbocycles. The molecule has 4 nitrogen and oxygen atoms in total. The molecule has 2 amide bonds. The number of nitrogens with zero attached hydrogens (tertiary/aromatic N) is 1. The summed E-state index contributed by atoms with van der Waals surface area (Å²) in [5.74, 6) is -1.21. The molecule has 1 N–H and O–H groups in total. The number of carbonyl (C=O) groups is 2. The molecule has 0 spiro atoms. The number of thioether (sulfide) groups is 1. The van der Waals surface area contributed by atoms with Crippen LogP contribution in [0.4, 0.5) is 10.1 Å². The molecular weight excluding hydrogens is 395 g/mol. The van der Waals surface area contributed by atoms with Gasteiger partial charge in [0, 0.05) is 5.69 Å². The molecule has 0 aromatic heterocycles. The van der Waals surface area contributed by atoms with Gasteiger partial charge in [-0.15, -0.1) is 0 Å². The lowest BCUT2D eigenvalue weighted by Crippen LogP contribution is -2.36. The number of amides is 2. The maximum absolute atomic E-state index is 13.2. The summed E-state index contributed by atoms with van der Waals surface area (Å²) in [5, 5.41) is 2.57. The number of allylic oxidation sites excluding steroid dienone is 2. The molecule has 1 fully saturated rings. The molecule has 1 heterocycles. The van der Waals surface area contributed by atoms with Gasteiger partial charge in [0.15, 0.2) is 0 Å². The van der Waals surface area contributed by atoms with E-state index < -0.39 is 11.7 Å². The molecule has 7 heteroatoms. The molecule has 0 unspecified atom stereocenters. The van der Waals surface area contributed by atoms with Crippen molar-refractivity contribution >= 4 is 51.9 Å². The van der Waals surface area contributed by atoms with Crippen LogP contribution in [-0.4, -0.2) is 27.6 Å². The van der Waals surface area contributed by atoms with Crippen LogP contribution < -0.4 is 5.32 Å². The molecular formula is C21H17FN2O2S2. The monoisotopic (exact) mass is 412 g/mol. The zero-order valence-corrected chi connectivity index (χ0v) is 16.6. The third-order valence-corrected chi connectivity index (χ3v) is 5.21. The molecule has 0 saturated carbocycles. The summed E-state index contributed by atoms with van der Waals surface area (Å²) in [4.78, 5) is 26.6. The van der Waals surface area contributed by atoms with Crippen molar-refractivity contribution in [2.24, 2.45) is 0 Å². The van der Waals surface area contributed by atoms with E-state index in [2.05, 4.69) is 5.32 Å². The third-order valence-electron chi connectivity index (χ3n) is 3.84. The van der Waals surface area contributed by atoms with Gasteiger partial charge in [0.2, 0.25) is 5.91 Å². The fourth-order valence-electron chi connectivity index (χ4n) is 2.61. The first-order chi connectivity index (χ1) is 13.4. The van der Waals surface area contributed by atoms with Crippen LogP contribution in [-0.2, 0) is 9.59 Å². The number of halogens is 1. The van der Waals surface area contributed by atoms with Gasteiger partial charge in [-0.1, -0.05) is 66.5 Å². The lowest BCUT2D eigenvalue weighted by atomic mass is 10.1. The van der Waals surface area contributed by atoms with E-state index in [0.29, 0.717) is 14.9 Å². The summed E-state index contributed by atoms with van der Waals surface area (Å²) in [7, 11) is 0. The maximum Gasteiger partial charge on any atom is 0.266 e. The van der Waals surface area contributed by atoms with Crippen LogP contribution in [0.3, 0.4) is 0 Å². The van der Waals surface area contributed by atoms with Gasteiger partial charge in [-0.05, 0) is 42.3 Å². The Balaban J connectivity index is 1.67. The smallest absolute Gasteiger partial charge is 0.266 e. The number of hydrogen-bond acceptors (Lipinski definition) is 4. The average Bonchev–Trinajstić information content (AvgIpc) is 2.90. The second-order valence-electron chi connectivity index (χ2n) is 6.13. The van der Waals surface area contributed by atoms with E-state index in [1.54, 1.807) is 12.1 Å². The highest BCUT2D eigenvalue weighted by molar-refractivity contribution is 8.26. The molecule has 0 bridgehead atoms. The van der Waals surface area contributed by atoms with E-state index in [4.69, 9.17) is 12.2 Å². The molecule has 28 heavy (non-hydrogen) atoms. The van der Waals surface area contributed by atoms with Crippen molar-refractivity contribution in [2.75, 3.05) is 11.9 Å². The first-order valence-electron chi connectivity index (χ1n) is 8.46. The van der Waals surface area contributed by atoms with Crippen LogP contribution >= 0.6 is 24.0 Å². The van der Waals surface area contributed by atoms with Crippen LogP contribution in [0.5, 0.6) is 0 Å². The number of benzene rings is 2. The minimum atomic E-state index is -0.452.